The quantitative estimate of drug-likeness (QED) is 0.314. The zero-order valence-corrected chi connectivity index (χ0v) is 17.3. The summed E-state index contributed by atoms with van der Waals surface area (Å²) < 4.78 is 27.5. The van der Waals surface area contributed by atoms with Gasteiger partial charge in [-0.2, -0.15) is 5.10 Å². The largest absolute Gasteiger partial charge is 0.295 e. The number of nitro groups is 1. The Kier molecular flexibility index (Phi) is 6.11. The van der Waals surface area contributed by atoms with Gasteiger partial charge in [0.05, 0.1) is 32.4 Å². The Balaban J connectivity index is 1.85. The van der Waals surface area contributed by atoms with E-state index in [4.69, 9.17) is 11.6 Å². The normalized spacial score (nSPS) is 11.5. The molecule has 3 aromatic rings. The first-order valence-corrected chi connectivity index (χ1v) is 10.8. The molecule has 0 aliphatic carbocycles. The summed E-state index contributed by atoms with van der Waals surface area (Å²) in [6, 6.07) is 9.59. The molecule has 2 aromatic carbocycles. The molecule has 0 amide bonds. The molecule has 0 spiro atoms. The first kappa shape index (κ1) is 20.7. The highest BCUT2D eigenvalue weighted by molar-refractivity contribution is 7.92. The highest BCUT2D eigenvalue weighted by atomic mass is 35.5. The third kappa shape index (κ3) is 5.28. The molecule has 29 heavy (non-hydrogen) atoms. The van der Waals surface area contributed by atoms with Crippen LogP contribution in [0.2, 0.25) is 5.02 Å². The molecule has 1 heterocycles. The van der Waals surface area contributed by atoms with Gasteiger partial charge >= 0.3 is 0 Å². The standard InChI is InChI=1S/C17H14ClN5O4S2/c1-11-20-14(10-28-11)9-19-21-16-6-5-15(8-17(16)23(24)25)29(26,27)22-13-4-2-3-12(18)7-13/h2-10,21-22H,1H3/b19-9+. The molecule has 0 bridgehead atoms. The number of rotatable bonds is 7. The van der Waals surface area contributed by atoms with Gasteiger partial charge in [-0.05, 0) is 37.3 Å². The van der Waals surface area contributed by atoms with E-state index in [9.17, 15) is 18.5 Å². The molecule has 9 nitrogen and oxygen atoms in total. The average molecular weight is 452 g/mol. The second-order valence-corrected chi connectivity index (χ2v) is 8.89. The highest BCUT2D eigenvalue weighted by Crippen LogP contribution is 2.29. The fourth-order valence-electron chi connectivity index (χ4n) is 2.30. The Hall–Kier alpha value is -3.02. The van der Waals surface area contributed by atoms with Gasteiger partial charge in [0.15, 0.2) is 0 Å². The van der Waals surface area contributed by atoms with Crippen molar-refractivity contribution in [3.8, 4) is 0 Å². The van der Waals surface area contributed by atoms with E-state index in [0.717, 1.165) is 11.1 Å². The maximum Gasteiger partial charge on any atom is 0.295 e. The van der Waals surface area contributed by atoms with Gasteiger partial charge in [0.2, 0.25) is 0 Å². The van der Waals surface area contributed by atoms with Crippen molar-refractivity contribution in [2.75, 3.05) is 10.1 Å². The Labute approximate surface area is 175 Å². The second-order valence-electron chi connectivity index (χ2n) is 5.71. The maximum atomic E-state index is 12.6. The summed E-state index contributed by atoms with van der Waals surface area (Å²) in [5.41, 5.74) is 3.00. The monoisotopic (exact) mass is 451 g/mol. The zero-order chi connectivity index (χ0) is 21.0. The van der Waals surface area contributed by atoms with Crippen LogP contribution in [0.15, 0.2) is 57.8 Å². The Morgan fingerprint density at radius 1 is 1.28 bits per heavy atom. The summed E-state index contributed by atoms with van der Waals surface area (Å²) in [6.45, 7) is 1.84. The molecule has 0 aliphatic rings. The number of nitrogens with zero attached hydrogens (tertiary/aromatic N) is 3. The van der Waals surface area contributed by atoms with Gasteiger partial charge in [-0.1, -0.05) is 17.7 Å². The van der Waals surface area contributed by atoms with E-state index in [2.05, 4.69) is 20.2 Å². The van der Waals surface area contributed by atoms with Crippen molar-refractivity contribution in [2.24, 2.45) is 5.10 Å². The molecule has 12 heteroatoms. The molecule has 150 valence electrons. The van der Waals surface area contributed by atoms with E-state index in [-0.39, 0.29) is 16.3 Å². The van der Waals surface area contributed by atoms with Gasteiger partial charge in [0, 0.05) is 16.5 Å². The van der Waals surface area contributed by atoms with E-state index < -0.39 is 20.6 Å². The van der Waals surface area contributed by atoms with E-state index >= 15 is 0 Å². The van der Waals surface area contributed by atoms with Crippen molar-refractivity contribution in [1.29, 1.82) is 0 Å². The van der Waals surface area contributed by atoms with Crippen LogP contribution >= 0.6 is 22.9 Å². The van der Waals surface area contributed by atoms with Crippen LogP contribution in [0.25, 0.3) is 0 Å². The zero-order valence-electron chi connectivity index (χ0n) is 14.9. The Morgan fingerprint density at radius 2 is 2.07 bits per heavy atom. The number of nitro benzene ring substituents is 1. The summed E-state index contributed by atoms with van der Waals surface area (Å²) in [4.78, 5) is 14.6. The van der Waals surface area contributed by atoms with Crippen molar-refractivity contribution >= 4 is 56.2 Å². The Morgan fingerprint density at radius 3 is 2.72 bits per heavy atom. The summed E-state index contributed by atoms with van der Waals surface area (Å²) in [5, 5.41) is 18.3. The van der Waals surface area contributed by atoms with Gasteiger partial charge in [-0.25, -0.2) is 13.4 Å². The van der Waals surface area contributed by atoms with Crippen molar-refractivity contribution in [1.82, 2.24) is 4.98 Å². The SMILES string of the molecule is Cc1nc(/C=N/Nc2ccc(S(=O)(=O)Nc3cccc(Cl)c3)cc2[N+](=O)[O-])cs1. The van der Waals surface area contributed by atoms with Crippen LogP contribution in [-0.2, 0) is 10.0 Å². The molecule has 0 saturated carbocycles. The van der Waals surface area contributed by atoms with Crippen LogP contribution in [0.5, 0.6) is 0 Å². The lowest BCUT2D eigenvalue weighted by Gasteiger charge is -2.09. The number of nitrogens with one attached hydrogen (secondary N) is 2. The number of sulfonamides is 1. The van der Waals surface area contributed by atoms with E-state index in [0.29, 0.717) is 10.7 Å². The average Bonchev–Trinajstić information content (AvgIpc) is 3.06. The minimum Gasteiger partial charge on any atom is -0.280 e. The van der Waals surface area contributed by atoms with Crippen LogP contribution in [0.3, 0.4) is 0 Å². The molecule has 3 rings (SSSR count). The van der Waals surface area contributed by atoms with Gasteiger partial charge < -0.3 is 0 Å². The van der Waals surface area contributed by atoms with Crippen molar-refractivity contribution < 1.29 is 13.3 Å². The lowest BCUT2D eigenvalue weighted by molar-refractivity contribution is -0.384. The number of benzene rings is 2. The van der Waals surface area contributed by atoms with Crippen molar-refractivity contribution in [2.45, 2.75) is 11.8 Å². The molecule has 2 N–H and O–H groups in total. The van der Waals surface area contributed by atoms with E-state index in [1.54, 1.807) is 17.5 Å². The number of thiazole rings is 1. The number of hydrogen-bond acceptors (Lipinski definition) is 8. The molecular formula is C17H14ClN5O4S2. The third-order valence-corrected chi connectivity index (χ3v) is 5.98. The number of anilines is 2. The topological polar surface area (TPSA) is 127 Å². The maximum absolute atomic E-state index is 12.6. The molecule has 0 aliphatic heterocycles. The van der Waals surface area contributed by atoms with Gasteiger partial charge in [0.1, 0.15) is 5.69 Å². The predicted octanol–water partition coefficient (Wildman–Crippen LogP) is 4.26. The van der Waals surface area contributed by atoms with Crippen molar-refractivity contribution in [3.05, 3.63) is 73.7 Å². The van der Waals surface area contributed by atoms with E-state index in [1.807, 2.05) is 6.92 Å². The number of aromatic nitrogens is 1. The van der Waals surface area contributed by atoms with Crippen LogP contribution in [0.4, 0.5) is 17.1 Å². The fourth-order valence-corrected chi connectivity index (χ4v) is 4.12. The minimum absolute atomic E-state index is 0.0416. The van der Waals surface area contributed by atoms with Crippen LogP contribution in [-0.4, -0.2) is 24.5 Å². The van der Waals surface area contributed by atoms with Crippen LogP contribution in [0.1, 0.15) is 10.7 Å². The number of aryl methyl sites for hydroxylation is 1. The molecule has 0 unspecified atom stereocenters. The smallest absolute Gasteiger partial charge is 0.280 e. The summed E-state index contributed by atoms with van der Waals surface area (Å²) in [7, 11) is -4.05. The Bertz CT molecular complexity index is 1190. The lowest BCUT2D eigenvalue weighted by atomic mass is 10.3. The van der Waals surface area contributed by atoms with Gasteiger partial charge in [-0.15, -0.1) is 11.3 Å². The van der Waals surface area contributed by atoms with Gasteiger partial charge in [0.25, 0.3) is 15.7 Å². The summed E-state index contributed by atoms with van der Waals surface area (Å²) >= 11 is 7.30. The van der Waals surface area contributed by atoms with Crippen molar-refractivity contribution in [3.63, 3.8) is 0 Å². The first-order valence-electron chi connectivity index (χ1n) is 8.02. The number of hydrazone groups is 1. The minimum atomic E-state index is -4.05. The highest BCUT2D eigenvalue weighted by Gasteiger charge is 2.21. The second kappa shape index (κ2) is 8.55. The molecule has 0 radical (unpaired) electrons. The fraction of sp³-hybridized carbons (Fsp3) is 0.0588. The third-order valence-electron chi connectivity index (χ3n) is 3.57. The number of hydrogen-bond donors (Lipinski definition) is 2. The van der Waals surface area contributed by atoms with E-state index in [1.165, 1.54) is 41.8 Å². The number of halogens is 1. The first-order chi connectivity index (χ1) is 13.7. The molecule has 1 aromatic heterocycles. The predicted molar refractivity (Wildman–Crippen MR) is 113 cm³/mol. The molecule has 0 fully saturated rings. The van der Waals surface area contributed by atoms with Crippen LogP contribution in [0, 0.1) is 17.0 Å². The molecule has 0 atom stereocenters. The summed E-state index contributed by atoms with van der Waals surface area (Å²) in [5.74, 6) is 0. The summed E-state index contributed by atoms with van der Waals surface area (Å²) in [6.07, 6.45) is 1.42. The lowest BCUT2D eigenvalue weighted by Crippen LogP contribution is -2.13. The molecular weight excluding hydrogens is 438 g/mol. The van der Waals surface area contributed by atoms with Crippen LogP contribution < -0.4 is 10.1 Å². The van der Waals surface area contributed by atoms with Gasteiger partial charge in [-0.3, -0.25) is 20.3 Å². The molecule has 0 saturated heterocycles.